The molecule has 1 heterocycles. The van der Waals surface area contributed by atoms with Crippen LogP contribution in [0.1, 0.15) is 18.7 Å². The van der Waals surface area contributed by atoms with Crippen LogP contribution < -0.4 is 5.32 Å². The number of rotatable bonds is 3. The SMILES string of the molecule is CC(Nc1ccc(Br)cc1F)c1cscn1. The molecule has 0 fully saturated rings. The van der Waals surface area contributed by atoms with Crippen LogP contribution in [-0.4, -0.2) is 4.98 Å². The maximum absolute atomic E-state index is 13.5. The fraction of sp³-hybridized carbons (Fsp3) is 0.182. The zero-order valence-electron chi connectivity index (χ0n) is 8.58. The Morgan fingerprint density at radius 1 is 1.50 bits per heavy atom. The van der Waals surface area contributed by atoms with Gasteiger partial charge in [-0.05, 0) is 25.1 Å². The van der Waals surface area contributed by atoms with E-state index in [9.17, 15) is 4.39 Å². The molecule has 1 aromatic heterocycles. The van der Waals surface area contributed by atoms with Gasteiger partial charge in [-0.3, -0.25) is 0 Å². The first-order valence-corrected chi connectivity index (χ1v) is 6.50. The van der Waals surface area contributed by atoms with E-state index in [1.165, 1.54) is 17.4 Å². The van der Waals surface area contributed by atoms with E-state index in [1.807, 2.05) is 12.3 Å². The first kappa shape index (κ1) is 11.5. The highest BCUT2D eigenvalue weighted by Gasteiger charge is 2.09. The van der Waals surface area contributed by atoms with Crippen molar-refractivity contribution in [3.8, 4) is 0 Å². The minimum atomic E-state index is -0.267. The third-order valence-electron chi connectivity index (χ3n) is 2.20. The number of nitrogens with zero attached hydrogens (tertiary/aromatic N) is 1. The molecule has 0 amide bonds. The van der Waals surface area contributed by atoms with Gasteiger partial charge in [0.15, 0.2) is 0 Å². The Bertz CT molecular complexity index is 473. The number of aromatic nitrogens is 1. The van der Waals surface area contributed by atoms with Gasteiger partial charge in [0.2, 0.25) is 0 Å². The van der Waals surface area contributed by atoms with Crippen molar-refractivity contribution in [2.45, 2.75) is 13.0 Å². The number of thiazole rings is 1. The summed E-state index contributed by atoms with van der Waals surface area (Å²) in [6.07, 6.45) is 0. The molecule has 2 aromatic rings. The van der Waals surface area contributed by atoms with Crippen LogP contribution in [0.3, 0.4) is 0 Å². The monoisotopic (exact) mass is 300 g/mol. The number of hydrogen-bond acceptors (Lipinski definition) is 3. The second-order valence-corrected chi connectivity index (χ2v) is 5.04. The standard InChI is InChI=1S/C11H10BrFN2S/c1-7(11-5-16-6-14-11)15-10-3-2-8(12)4-9(10)13/h2-7,15H,1H3. The van der Waals surface area contributed by atoms with Crippen molar-refractivity contribution in [3.05, 3.63) is 45.1 Å². The topological polar surface area (TPSA) is 24.9 Å². The van der Waals surface area contributed by atoms with Crippen LogP contribution in [0.15, 0.2) is 33.6 Å². The fourth-order valence-corrected chi connectivity index (χ4v) is 2.33. The van der Waals surface area contributed by atoms with E-state index < -0.39 is 0 Å². The molecule has 0 spiro atoms. The molecule has 0 radical (unpaired) electrons. The summed E-state index contributed by atoms with van der Waals surface area (Å²) in [5, 5.41) is 5.04. The summed E-state index contributed by atoms with van der Waals surface area (Å²) in [4.78, 5) is 4.18. The molecule has 1 atom stereocenters. The van der Waals surface area contributed by atoms with Crippen LogP contribution in [0.4, 0.5) is 10.1 Å². The number of halogens is 2. The lowest BCUT2D eigenvalue weighted by Crippen LogP contribution is -2.08. The smallest absolute Gasteiger partial charge is 0.147 e. The van der Waals surface area contributed by atoms with E-state index >= 15 is 0 Å². The van der Waals surface area contributed by atoms with Crippen LogP contribution in [0, 0.1) is 5.82 Å². The number of anilines is 1. The second kappa shape index (κ2) is 4.93. The Balaban J connectivity index is 2.15. The lowest BCUT2D eigenvalue weighted by atomic mass is 10.2. The first-order chi connectivity index (χ1) is 7.66. The van der Waals surface area contributed by atoms with Gasteiger partial charge in [-0.15, -0.1) is 11.3 Å². The molecule has 2 rings (SSSR count). The Morgan fingerprint density at radius 3 is 2.94 bits per heavy atom. The zero-order valence-corrected chi connectivity index (χ0v) is 11.0. The summed E-state index contributed by atoms with van der Waals surface area (Å²) in [5.74, 6) is -0.267. The van der Waals surface area contributed by atoms with Gasteiger partial charge in [0.1, 0.15) is 5.82 Å². The van der Waals surface area contributed by atoms with Crippen molar-refractivity contribution in [2.24, 2.45) is 0 Å². The molecule has 0 saturated carbocycles. The van der Waals surface area contributed by atoms with Gasteiger partial charge in [0.25, 0.3) is 0 Å². The summed E-state index contributed by atoms with van der Waals surface area (Å²) < 4.78 is 14.3. The quantitative estimate of drug-likeness (QED) is 0.918. The summed E-state index contributed by atoms with van der Waals surface area (Å²) in [6.45, 7) is 1.95. The molecular formula is C11H10BrFN2S. The summed E-state index contributed by atoms with van der Waals surface area (Å²) in [6, 6.07) is 4.96. The van der Waals surface area contributed by atoms with Gasteiger partial charge >= 0.3 is 0 Å². The van der Waals surface area contributed by atoms with Gasteiger partial charge in [-0.2, -0.15) is 0 Å². The lowest BCUT2D eigenvalue weighted by molar-refractivity contribution is 0.626. The molecule has 0 aliphatic rings. The zero-order chi connectivity index (χ0) is 11.5. The van der Waals surface area contributed by atoms with Crippen LogP contribution in [0.25, 0.3) is 0 Å². The molecule has 1 N–H and O–H groups in total. The highest BCUT2D eigenvalue weighted by Crippen LogP contribution is 2.23. The van der Waals surface area contributed by atoms with Gasteiger partial charge in [0, 0.05) is 9.85 Å². The number of hydrogen-bond donors (Lipinski definition) is 1. The van der Waals surface area contributed by atoms with Crippen molar-refractivity contribution in [3.63, 3.8) is 0 Å². The highest BCUT2D eigenvalue weighted by atomic mass is 79.9. The fourth-order valence-electron chi connectivity index (χ4n) is 1.35. The third-order valence-corrected chi connectivity index (χ3v) is 3.30. The van der Waals surface area contributed by atoms with Crippen LogP contribution in [0.5, 0.6) is 0 Å². The largest absolute Gasteiger partial charge is 0.375 e. The number of nitrogens with one attached hydrogen (secondary N) is 1. The third kappa shape index (κ3) is 2.59. The van der Waals surface area contributed by atoms with E-state index in [-0.39, 0.29) is 11.9 Å². The van der Waals surface area contributed by atoms with Crippen molar-refractivity contribution < 1.29 is 4.39 Å². The van der Waals surface area contributed by atoms with Gasteiger partial charge in [-0.1, -0.05) is 15.9 Å². The minimum Gasteiger partial charge on any atom is -0.375 e. The molecular weight excluding hydrogens is 291 g/mol. The van der Waals surface area contributed by atoms with Crippen molar-refractivity contribution in [2.75, 3.05) is 5.32 Å². The van der Waals surface area contributed by atoms with E-state index in [0.717, 1.165) is 10.2 Å². The average Bonchev–Trinajstić information content (AvgIpc) is 2.75. The Labute approximate surface area is 106 Å². The van der Waals surface area contributed by atoms with Crippen LogP contribution in [0.2, 0.25) is 0 Å². The van der Waals surface area contributed by atoms with Crippen LogP contribution in [-0.2, 0) is 0 Å². The molecule has 0 aliphatic heterocycles. The average molecular weight is 301 g/mol. The van der Waals surface area contributed by atoms with E-state index in [2.05, 4.69) is 26.2 Å². The second-order valence-electron chi connectivity index (χ2n) is 3.40. The molecule has 0 aliphatic carbocycles. The predicted molar refractivity (Wildman–Crippen MR) is 68.3 cm³/mol. The molecule has 1 aromatic carbocycles. The Kier molecular flexibility index (Phi) is 3.56. The molecule has 0 bridgehead atoms. The maximum Gasteiger partial charge on any atom is 0.147 e. The first-order valence-electron chi connectivity index (χ1n) is 4.76. The molecule has 1 unspecified atom stereocenters. The highest BCUT2D eigenvalue weighted by molar-refractivity contribution is 9.10. The van der Waals surface area contributed by atoms with Gasteiger partial charge < -0.3 is 5.32 Å². The van der Waals surface area contributed by atoms with E-state index in [4.69, 9.17) is 0 Å². The predicted octanol–water partition coefficient (Wildman–Crippen LogP) is 4.22. The van der Waals surface area contributed by atoms with Crippen molar-refractivity contribution in [1.29, 1.82) is 0 Å². The maximum atomic E-state index is 13.5. The lowest BCUT2D eigenvalue weighted by Gasteiger charge is -2.13. The molecule has 84 valence electrons. The molecule has 0 saturated heterocycles. The van der Waals surface area contributed by atoms with Gasteiger partial charge in [-0.25, -0.2) is 9.37 Å². The van der Waals surface area contributed by atoms with E-state index in [0.29, 0.717) is 5.69 Å². The summed E-state index contributed by atoms with van der Waals surface area (Å²) in [5.41, 5.74) is 3.18. The summed E-state index contributed by atoms with van der Waals surface area (Å²) in [7, 11) is 0. The Hall–Kier alpha value is -0.940. The number of benzene rings is 1. The van der Waals surface area contributed by atoms with Gasteiger partial charge in [0.05, 0.1) is 22.9 Å². The molecule has 2 nitrogen and oxygen atoms in total. The summed E-state index contributed by atoms with van der Waals surface area (Å²) >= 11 is 4.76. The molecule has 16 heavy (non-hydrogen) atoms. The van der Waals surface area contributed by atoms with Crippen molar-refractivity contribution in [1.82, 2.24) is 4.98 Å². The minimum absolute atomic E-state index is 0.00178. The Morgan fingerprint density at radius 2 is 2.31 bits per heavy atom. The normalized spacial score (nSPS) is 12.4. The van der Waals surface area contributed by atoms with Crippen LogP contribution >= 0.6 is 27.3 Å². The van der Waals surface area contributed by atoms with Crippen molar-refractivity contribution >= 4 is 33.0 Å². The van der Waals surface area contributed by atoms with E-state index in [1.54, 1.807) is 17.6 Å². The molecule has 5 heteroatoms.